The van der Waals surface area contributed by atoms with Crippen molar-refractivity contribution in [3.8, 4) is 0 Å². The van der Waals surface area contributed by atoms with Gasteiger partial charge in [0.15, 0.2) is 0 Å². The Bertz CT molecular complexity index is 842. The molecule has 28 heavy (non-hydrogen) atoms. The number of ether oxygens (including phenoxy) is 1. The number of piperidine rings is 1. The minimum absolute atomic E-state index is 0.0284. The van der Waals surface area contributed by atoms with Gasteiger partial charge < -0.3 is 14.2 Å². The van der Waals surface area contributed by atoms with Gasteiger partial charge in [-0.1, -0.05) is 35.5 Å². The molecule has 0 aliphatic carbocycles. The molecule has 0 spiro atoms. The number of likely N-dealkylation sites (tertiary alicyclic amines) is 1. The summed E-state index contributed by atoms with van der Waals surface area (Å²) in [6, 6.07) is 11.7. The molecule has 7 nitrogen and oxygen atoms in total. The molecule has 2 aliphatic rings. The van der Waals surface area contributed by atoms with E-state index in [1.807, 2.05) is 54.0 Å². The molecule has 1 aromatic carbocycles. The quantitative estimate of drug-likeness (QED) is 0.811. The van der Waals surface area contributed by atoms with Crippen LogP contribution in [0.3, 0.4) is 0 Å². The highest BCUT2D eigenvalue weighted by Crippen LogP contribution is 2.35. The van der Waals surface area contributed by atoms with Gasteiger partial charge in [-0.25, -0.2) is 4.79 Å². The molecule has 3 heterocycles. The van der Waals surface area contributed by atoms with Crippen molar-refractivity contribution in [1.82, 2.24) is 15.0 Å². The summed E-state index contributed by atoms with van der Waals surface area (Å²) in [6.07, 6.45) is 1.22. The van der Waals surface area contributed by atoms with Gasteiger partial charge in [-0.3, -0.25) is 9.69 Å². The Morgan fingerprint density at radius 1 is 1.21 bits per heavy atom. The Morgan fingerprint density at radius 3 is 2.57 bits per heavy atom. The maximum absolute atomic E-state index is 12.5. The van der Waals surface area contributed by atoms with Crippen LogP contribution in [0.2, 0.25) is 0 Å². The SMILES string of the molecule is Cc1cc(CC(=O)N2CCC(N3C(=O)O[C@@H](c4ccccc4)[C@H]3C)CC2)on1. The standard InChI is InChI=1S/C21H25N3O4/c1-14-12-18(28-22-14)13-19(25)23-10-8-17(9-11-23)24-15(2)20(27-21(24)26)16-6-4-3-5-7-16/h3-7,12,15,17,20H,8-11,13H2,1-2H3/t15-,20-/m1/s1. The van der Waals surface area contributed by atoms with Crippen LogP contribution in [0.1, 0.15) is 42.9 Å². The van der Waals surface area contributed by atoms with E-state index in [1.54, 1.807) is 6.07 Å². The van der Waals surface area contributed by atoms with Crippen LogP contribution in [-0.2, 0) is 16.0 Å². The summed E-state index contributed by atoms with van der Waals surface area (Å²) in [5.41, 5.74) is 1.79. The van der Waals surface area contributed by atoms with Gasteiger partial charge in [0.2, 0.25) is 5.91 Å². The summed E-state index contributed by atoms with van der Waals surface area (Å²) >= 11 is 0. The smallest absolute Gasteiger partial charge is 0.411 e. The predicted molar refractivity (Wildman–Crippen MR) is 102 cm³/mol. The summed E-state index contributed by atoms with van der Waals surface area (Å²) < 4.78 is 10.8. The monoisotopic (exact) mass is 383 g/mol. The van der Waals surface area contributed by atoms with Crippen molar-refractivity contribution in [2.24, 2.45) is 0 Å². The van der Waals surface area contributed by atoms with E-state index in [-0.39, 0.29) is 36.6 Å². The first-order chi connectivity index (χ1) is 13.5. The van der Waals surface area contributed by atoms with Gasteiger partial charge in [-0.2, -0.15) is 0 Å². The molecule has 2 amide bonds. The van der Waals surface area contributed by atoms with E-state index in [2.05, 4.69) is 5.16 Å². The number of hydrogen-bond acceptors (Lipinski definition) is 5. The topological polar surface area (TPSA) is 75.9 Å². The molecule has 2 fully saturated rings. The lowest BCUT2D eigenvalue weighted by atomic mass is 9.98. The minimum atomic E-state index is -0.261. The Labute approximate surface area is 164 Å². The van der Waals surface area contributed by atoms with Gasteiger partial charge in [0.1, 0.15) is 11.9 Å². The van der Waals surface area contributed by atoms with Crippen LogP contribution in [0.25, 0.3) is 0 Å². The molecule has 2 saturated heterocycles. The lowest BCUT2D eigenvalue weighted by Crippen LogP contribution is -2.49. The molecule has 2 aliphatic heterocycles. The number of carbonyl (C=O) groups excluding carboxylic acids is 2. The number of benzene rings is 1. The normalized spacial score (nSPS) is 23.1. The number of aromatic nitrogens is 1. The largest absolute Gasteiger partial charge is 0.439 e. The third kappa shape index (κ3) is 3.61. The van der Waals surface area contributed by atoms with E-state index < -0.39 is 0 Å². The van der Waals surface area contributed by atoms with E-state index in [9.17, 15) is 9.59 Å². The second-order valence-electron chi connectivity index (χ2n) is 7.59. The van der Waals surface area contributed by atoms with Crippen LogP contribution < -0.4 is 0 Å². The van der Waals surface area contributed by atoms with E-state index >= 15 is 0 Å². The van der Waals surface area contributed by atoms with E-state index in [1.165, 1.54) is 0 Å². The van der Waals surface area contributed by atoms with Crippen LogP contribution in [0.4, 0.5) is 4.79 Å². The molecular formula is C21H25N3O4. The predicted octanol–water partition coefficient (Wildman–Crippen LogP) is 3.10. The number of rotatable bonds is 4. The molecule has 2 aromatic rings. The van der Waals surface area contributed by atoms with Crippen LogP contribution in [0.5, 0.6) is 0 Å². The first-order valence-electron chi connectivity index (χ1n) is 9.77. The van der Waals surface area contributed by atoms with Crippen molar-refractivity contribution in [2.45, 2.75) is 51.3 Å². The Morgan fingerprint density at radius 2 is 1.93 bits per heavy atom. The molecule has 0 bridgehead atoms. The fourth-order valence-corrected chi connectivity index (χ4v) is 4.20. The van der Waals surface area contributed by atoms with Gasteiger partial charge in [-0.05, 0) is 32.3 Å². The fourth-order valence-electron chi connectivity index (χ4n) is 4.20. The molecule has 2 atom stereocenters. The zero-order valence-electron chi connectivity index (χ0n) is 16.2. The number of amides is 2. The van der Waals surface area contributed by atoms with Crippen molar-refractivity contribution in [3.63, 3.8) is 0 Å². The molecule has 1 aromatic heterocycles. The van der Waals surface area contributed by atoms with Crippen molar-refractivity contribution in [3.05, 3.63) is 53.4 Å². The van der Waals surface area contributed by atoms with Crippen LogP contribution in [0, 0.1) is 6.92 Å². The Kier molecular flexibility index (Phi) is 5.07. The molecule has 0 unspecified atom stereocenters. The average molecular weight is 383 g/mol. The van der Waals surface area contributed by atoms with E-state index in [4.69, 9.17) is 9.26 Å². The molecule has 0 saturated carbocycles. The lowest BCUT2D eigenvalue weighted by Gasteiger charge is -2.37. The van der Waals surface area contributed by atoms with Crippen LogP contribution in [-0.4, -0.2) is 52.1 Å². The zero-order valence-corrected chi connectivity index (χ0v) is 16.2. The van der Waals surface area contributed by atoms with Gasteiger partial charge in [0.05, 0.1) is 18.2 Å². The zero-order chi connectivity index (χ0) is 19.7. The molecule has 0 radical (unpaired) electrons. The highest BCUT2D eigenvalue weighted by molar-refractivity contribution is 5.78. The number of aryl methyl sites for hydroxylation is 1. The van der Waals surface area contributed by atoms with Crippen molar-refractivity contribution < 1.29 is 18.8 Å². The Hall–Kier alpha value is -2.83. The molecular weight excluding hydrogens is 358 g/mol. The van der Waals surface area contributed by atoms with E-state index in [0.717, 1.165) is 24.1 Å². The lowest BCUT2D eigenvalue weighted by molar-refractivity contribution is -0.132. The third-order valence-corrected chi connectivity index (χ3v) is 5.66. The van der Waals surface area contributed by atoms with Gasteiger partial charge in [0.25, 0.3) is 0 Å². The minimum Gasteiger partial charge on any atom is -0.439 e. The first-order valence-corrected chi connectivity index (χ1v) is 9.77. The first kappa shape index (κ1) is 18.5. The number of cyclic esters (lactones) is 1. The van der Waals surface area contributed by atoms with E-state index in [0.29, 0.717) is 18.8 Å². The maximum atomic E-state index is 12.5. The Balaban J connectivity index is 1.35. The number of carbonyl (C=O) groups is 2. The van der Waals surface area contributed by atoms with Gasteiger partial charge >= 0.3 is 6.09 Å². The number of nitrogens with zero attached hydrogens (tertiary/aromatic N) is 3. The summed E-state index contributed by atoms with van der Waals surface area (Å²) in [7, 11) is 0. The second-order valence-corrected chi connectivity index (χ2v) is 7.59. The van der Waals surface area contributed by atoms with Crippen molar-refractivity contribution in [1.29, 1.82) is 0 Å². The summed E-state index contributed by atoms with van der Waals surface area (Å²) in [6.45, 7) is 5.13. The molecule has 7 heteroatoms. The van der Waals surface area contributed by atoms with Gasteiger partial charge in [0, 0.05) is 25.2 Å². The highest BCUT2D eigenvalue weighted by Gasteiger charge is 2.44. The van der Waals surface area contributed by atoms with Crippen LogP contribution in [0.15, 0.2) is 40.9 Å². The second kappa shape index (κ2) is 7.66. The molecule has 148 valence electrons. The summed E-state index contributed by atoms with van der Waals surface area (Å²) in [4.78, 5) is 28.7. The van der Waals surface area contributed by atoms with Gasteiger partial charge in [-0.15, -0.1) is 0 Å². The van der Waals surface area contributed by atoms with Crippen molar-refractivity contribution in [2.75, 3.05) is 13.1 Å². The third-order valence-electron chi connectivity index (χ3n) is 5.66. The number of hydrogen-bond donors (Lipinski definition) is 0. The molecule has 0 N–H and O–H groups in total. The summed E-state index contributed by atoms with van der Waals surface area (Å²) in [5, 5.41) is 3.82. The summed E-state index contributed by atoms with van der Waals surface area (Å²) in [5.74, 6) is 0.626. The maximum Gasteiger partial charge on any atom is 0.411 e. The fraction of sp³-hybridized carbons (Fsp3) is 0.476. The molecule has 4 rings (SSSR count). The van der Waals surface area contributed by atoms with Crippen LogP contribution >= 0.6 is 0 Å². The van der Waals surface area contributed by atoms with Crippen molar-refractivity contribution >= 4 is 12.0 Å². The average Bonchev–Trinajstić information content (AvgIpc) is 3.24. The highest BCUT2D eigenvalue weighted by atomic mass is 16.6.